The average Bonchev–Trinajstić information content (AvgIpc) is 2.68. The van der Waals surface area contributed by atoms with Gasteiger partial charge in [0.2, 0.25) is 5.95 Å². The van der Waals surface area contributed by atoms with E-state index >= 15 is 0 Å². The van der Waals surface area contributed by atoms with Crippen LogP contribution in [0.4, 0.5) is 5.95 Å². The van der Waals surface area contributed by atoms with Gasteiger partial charge in [0.1, 0.15) is 5.75 Å². The lowest BCUT2D eigenvalue weighted by molar-refractivity contribution is 0.126. The molecule has 1 aliphatic heterocycles. The normalized spacial score (nSPS) is 26.8. The van der Waals surface area contributed by atoms with Crippen molar-refractivity contribution in [1.82, 2.24) is 14.9 Å². The minimum atomic E-state index is -0.149. The summed E-state index contributed by atoms with van der Waals surface area (Å²) in [5, 5.41) is 14.1. The number of anilines is 1. The Balaban J connectivity index is 1.40. The van der Waals surface area contributed by atoms with Crippen LogP contribution in [0.2, 0.25) is 0 Å². The molecule has 0 radical (unpaired) electrons. The molecule has 1 saturated carbocycles. The molecule has 1 atom stereocenters. The number of fused-ring (bicyclic) bond motifs is 1. The van der Waals surface area contributed by atoms with Gasteiger partial charge in [0.25, 0.3) is 0 Å². The van der Waals surface area contributed by atoms with Crippen molar-refractivity contribution in [2.45, 2.75) is 50.7 Å². The van der Waals surface area contributed by atoms with Crippen molar-refractivity contribution in [2.75, 3.05) is 32.1 Å². The zero-order chi connectivity index (χ0) is 18.6. The zero-order valence-corrected chi connectivity index (χ0v) is 16.1. The first-order valence-corrected chi connectivity index (χ1v) is 10.2. The maximum absolute atomic E-state index is 9.65. The standard InChI is InChI=1S/C21H30N4O2/c1-25-10-2-3-15(13-25)14-27-19-9-4-16-12-22-21(24-20(16)11-19)23-17-5-7-18(26)8-6-17/h4,9,11-12,15,17-18,26H,2-3,5-8,10,13-14H2,1H3,(H,22,23,24)/t15?,17-,18-. The van der Waals surface area contributed by atoms with E-state index in [1.165, 1.54) is 19.4 Å². The molecular formula is C21H30N4O2. The maximum atomic E-state index is 9.65. The summed E-state index contributed by atoms with van der Waals surface area (Å²) >= 11 is 0. The second-order valence-electron chi connectivity index (χ2n) is 8.15. The monoisotopic (exact) mass is 370 g/mol. The number of aliphatic hydroxyl groups is 1. The first-order valence-electron chi connectivity index (χ1n) is 10.2. The summed E-state index contributed by atoms with van der Waals surface area (Å²) in [6.45, 7) is 3.06. The number of benzene rings is 1. The minimum Gasteiger partial charge on any atom is -0.493 e. The molecule has 1 aromatic heterocycles. The molecule has 6 heteroatoms. The van der Waals surface area contributed by atoms with E-state index in [0.717, 1.165) is 55.5 Å². The highest BCUT2D eigenvalue weighted by Crippen LogP contribution is 2.24. The van der Waals surface area contributed by atoms with E-state index in [1.54, 1.807) is 0 Å². The number of nitrogens with zero attached hydrogens (tertiary/aromatic N) is 3. The predicted octanol–water partition coefficient (Wildman–Crippen LogP) is 3.07. The van der Waals surface area contributed by atoms with Crippen LogP contribution in [-0.2, 0) is 0 Å². The van der Waals surface area contributed by atoms with E-state index in [2.05, 4.69) is 27.2 Å². The lowest BCUT2D eigenvalue weighted by Gasteiger charge is -2.29. The SMILES string of the molecule is CN1CCCC(COc2ccc3cnc(N[C@H]4CC[C@H](O)CC4)nc3c2)C1. The van der Waals surface area contributed by atoms with Crippen molar-refractivity contribution in [3.63, 3.8) is 0 Å². The lowest BCUT2D eigenvalue weighted by atomic mass is 9.93. The first-order chi connectivity index (χ1) is 13.2. The van der Waals surface area contributed by atoms with Crippen LogP contribution in [0.15, 0.2) is 24.4 Å². The maximum Gasteiger partial charge on any atom is 0.223 e. The molecule has 4 rings (SSSR count). The highest BCUT2D eigenvalue weighted by molar-refractivity contribution is 5.80. The molecule has 146 valence electrons. The molecule has 0 spiro atoms. The molecule has 1 aliphatic carbocycles. The third kappa shape index (κ3) is 4.87. The molecule has 2 N–H and O–H groups in total. The van der Waals surface area contributed by atoms with Gasteiger partial charge in [-0.05, 0) is 64.3 Å². The molecule has 2 aromatic rings. The number of rotatable bonds is 5. The molecule has 0 amide bonds. The van der Waals surface area contributed by atoms with E-state index in [1.807, 2.05) is 24.4 Å². The zero-order valence-electron chi connectivity index (χ0n) is 16.1. The predicted molar refractivity (Wildman–Crippen MR) is 107 cm³/mol. The van der Waals surface area contributed by atoms with Crippen LogP contribution in [0.5, 0.6) is 5.75 Å². The van der Waals surface area contributed by atoms with Gasteiger partial charge in [0.15, 0.2) is 0 Å². The number of aliphatic hydroxyl groups excluding tert-OH is 1. The van der Waals surface area contributed by atoms with E-state index in [9.17, 15) is 5.11 Å². The Morgan fingerprint density at radius 1 is 1.22 bits per heavy atom. The number of ether oxygens (including phenoxy) is 1. The Kier molecular flexibility index (Phi) is 5.74. The summed E-state index contributed by atoms with van der Waals surface area (Å²) in [6, 6.07) is 6.39. The molecule has 1 saturated heterocycles. The van der Waals surface area contributed by atoms with Gasteiger partial charge in [-0.15, -0.1) is 0 Å². The Morgan fingerprint density at radius 3 is 2.89 bits per heavy atom. The van der Waals surface area contributed by atoms with Crippen molar-refractivity contribution in [2.24, 2.45) is 5.92 Å². The number of likely N-dealkylation sites (tertiary alicyclic amines) is 1. The smallest absolute Gasteiger partial charge is 0.223 e. The van der Waals surface area contributed by atoms with E-state index in [-0.39, 0.29) is 6.10 Å². The average molecular weight is 370 g/mol. The molecule has 0 bridgehead atoms. The van der Waals surface area contributed by atoms with Crippen LogP contribution in [0.25, 0.3) is 10.9 Å². The van der Waals surface area contributed by atoms with Crippen molar-refractivity contribution in [3.05, 3.63) is 24.4 Å². The van der Waals surface area contributed by atoms with Crippen LogP contribution >= 0.6 is 0 Å². The largest absolute Gasteiger partial charge is 0.493 e. The molecule has 2 heterocycles. The Bertz CT molecular complexity index is 761. The summed E-state index contributed by atoms with van der Waals surface area (Å²) in [5.41, 5.74) is 0.904. The van der Waals surface area contributed by atoms with E-state index in [0.29, 0.717) is 17.9 Å². The molecule has 1 aromatic carbocycles. The number of aromatic nitrogens is 2. The number of nitrogens with one attached hydrogen (secondary N) is 1. The molecule has 2 fully saturated rings. The van der Waals surface area contributed by atoms with Gasteiger partial charge in [-0.3, -0.25) is 0 Å². The fraction of sp³-hybridized carbons (Fsp3) is 0.619. The Hall–Kier alpha value is -1.92. The third-order valence-corrected chi connectivity index (χ3v) is 5.79. The van der Waals surface area contributed by atoms with Gasteiger partial charge in [-0.25, -0.2) is 9.97 Å². The Labute approximate surface area is 161 Å². The topological polar surface area (TPSA) is 70.5 Å². The molecule has 1 unspecified atom stereocenters. The van der Waals surface area contributed by atoms with Crippen molar-refractivity contribution >= 4 is 16.9 Å². The minimum absolute atomic E-state index is 0.149. The first kappa shape index (κ1) is 18.4. The lowest BCUT2D eigenvalue weighted by Crippen LogP contribution is -2.34. The van der Waals surface area contributed by atoms with Gasteiger partial charge in [-0.1, -0.05) is 0 Å². The van der Waals surface area contributed by atoms with Crippen molar-refractivity contribution in [3.8, 4) is 5.75 Å². The van der Waals surface area contributed by atoms with Crippen LogP contribution < -0.4 is 10.1 Å². The third-order valence-electron chi connectivity index (χ3n) is 5.79. The van der Waals surface area contributed by atoms with Gasteiger partial charge < -0.3 is 20.1 Å². The highest BCUT2D eigenvalue weighted by Gasteiger charge is 2.20. The molecule has 6 nitrogen and oxygen atoms in total. The van der Waals surface area contributed by atoms with Crippen LogP contribution in [0.3, 0.4) is 0 Å². The van der Waals surface area contributed by atoms with Gasteiger partial charge in [0.05, 0.1) is 18.2 Å². The number of hydrogen-bond donors (Lipinski definition) is 2. The van der Waals surface area contributed by atoms with Crippen LogP contribution in [0.1, 0.15) is 38.5 Å². The summed E-state index contributed by atoms with van der Waals surface area (Å²) in [6.07, 6.45) is 7.82. The van der Waals surface area contributed by atoms with Crippen molar-refractivity contribution in [1.29, 1.82) is 0 Å². The summed E-state index contributed by atoms with van der Waals surface area (Å²) in [4.78, 5) is 11.5. The number of hydrogen-bond acceptors (Lipinski definition) is 6. The molecule has 27 heavy (non-hydrogen) atoms. The fourth-order valence-corrected chi connectivity index (χ4v) is 4.19. The molecular weight excluding hydrogens is 340 g/mol. The van der Waals surface area contributed by atoms with Gasteiger partial charge in [0, 0.05) is 36.2 Å². The highest BCUT2D eigenvalue weighted by atomic mass is 16.5. The summed E-state index contributed by atoms with van der Waals surface area (Å²) in [7, 11) is 2.18. The van der Waals surface area contributed by atoms with Crippen LogP contribution in [-0.4, -0.2) is 58.9 Å². The van der Waals surface area contributed by atoms with Gasteiger partial charge >= 0.3 is 0 Å². The Morgan fingerprint density at radius 2 is 2.07 bits per heavy atom. The molecule has 2 aliphatic rings. The van der Waals surface area contributed by atoms with E-state index in [4.69, 9.17) is 4.74 Å². The second-order valence-corrected chi connectivity index (χ2v) is 8.15. The van der Waals surface area contributed by atoms with E-state index < -0.39 is 0 Å². The van der Waals surface area contributed by atoms with Crippen molar-refractivity contribution < 1.29 is 9.84 Å². The number of piperidine rings is 1. The summed E-state index contributed by atoms with van der Waals surface area (Å²) in [5.74, 6) is 2.14. The van der Waals surface area contributed by atoms with Gasteiger partial charge in [-0.2, -0.15) is 0 Å². The quantitative estimate of drug-likeness (QED) is 0.843. The summed E-state index contributed by atoms with van der Waals surface area (Å²) < 4.78 is 6.07. The fourth-order valence-electron chi connectivity index (χ4n) is 4.19. The van der Waals surface area contributed by atoms with Crippen LogP contribution in [0, 0.1) is 5.92 Å². The second kappa shape index (κ2) is 8.40.